The summed E-state index contributed by atoms with van der Waals surface area (Å²) < 4.78 is 10.9. The summed E-state index contributed by atoms with van der Waals surface area (Å²) in [6.45, 7) is 10.3. The smallest absolute Gasteiger partial charge is 0.407 e. The van der Waals surface area contributed by atoms with E-state index in [9.17, 15) is 43.5 Å². The number of hydrogen-bond acceptors (Lipinski definition) is 11. The van der Waals surface area contributed by atoms with E-state index in [1.165, 1.54) is 0 Å². The number of esters is 1. The van der Waals surface area contributed by atoms with E-state index < -0.39 is 101 Å². The van der Waals surface area contributed by atoms with Gasteiger partial charge in [-0.25, -0.2) is 9.59 Å². The molecule has 392 valence electrons. The summed E-state index contributed by atoms with van der Waals surface area (Å²) in [5.41, 5.74) is 7.29. The Morgan fingerprint density at radius 3 is 1.25 bits per heavy atom. The Kier molecular flexibility index (Phi) is 22.6. The first-order valence-corrected chi connectivity index (χ1v) is 24.4. The van der Waals surface area contributed by atoms with Gasteiger partial charge in [0.25, 0.3) is 0 Å². The SMILES string of the molecule is CC(C)(C)OC(=O)C[C@H](NC(=O)[C@H](CCCCNC(=O)OC(C)(C)C)NC(=O)[C@@H](N)Cc1ccccc1)C(=O)N[C@@H](Cc1ccccc1)C(=O)N[C@@H](Cc1ccccc1)C(=O)N[C@@H](Cc1ccccc1)C(=O)O. The second-order valence-corrected chi connectivity index (χ2v) is 19.7. The highest BCUT2D eigenvalue weighted by atomic mass is 16.6. The monoisotopic (exact) mass is 1010 g/mol. The quantitative estimate of drug-likeness (QED) is 0.0325. The van der Waals surface area contributed by atoms with Gasteiger partial charge in [0.15, 0.2) is 0 Å². The summed E-state index contributed by atoms with van der Waals surface area (Å²) in [5.74, 6) is -6.26. The molecule has 0 radical (unpaired) electrons. The Bertz CT molecular complexity index is 2430. The van der Waals surface area contributed by atoms with Crippen LogP contribution in [0.25, 0.3) is 0 Å². The van der Waals surface area contributed by atoms with Crippen LogP contribution in [0.4, 0.5) is 4.79 Å². The average molecular weight is 1010 g/mol. The number of benzene rings is 4. The number of nitrogens with two attached hydrogens (primary N) is 1. The summed E-state index contributed by atoms with van der Waals surface area (Å²) in [6.07, 6.45) is -0.715. The summed E-state index contributed by atoms with van der Waals surface area (Å²) in [4.78, 5) is 109. The van der Waals surface area contributed by atoms with Crippen LogP contribution in [0.1, 0.15) is 89.5 Å². The molecule has 6 amide bonds. The number of amides is 6. The van der Waals surface area contributed by atoms with E-state index in [1.54, 1.807) is 157 Å². The zero-order valence-electron chi connectivity index (χ0n) is 42.5. The highest BCUT2D eigenvalue weighted by Crippen LogP contribution is 2.14. The molecule has 4 aromatic carbocycles. The molecular weight excluding hydrogens is 935 g/mol. The molecule has 0 aromatic heterocycles. The normalized spacial score (nSPS) is 13.8. The second-order valence-electron chi connectivity index (χ2n) is 19.7. The van der Waals surface area contributed by atoms with Crippen LogP contribution in [0.2, 0.25) is 0 Å². The van der Waals surface area contributed by atoms with Crippen molar-refractivity contribution in [3.63, 3.8) is 0 Å². The Balaban J connectivity index is 1.63. The number of rotatable bonds is 26. The predicted octanol–water partition coefficient (Wildman–Crippen LogP) is 4.22. The van der Waals surface area contributed by atoms with E-state index in [0.717, 1.165) is 5.56 Å². The second kappa shape index (κ2) is 28.4. The van der Waals surface area contributed by atoms with Crippen LogP contribution in [-0.2, 0) is 68.7 Å². The first kappa shape index (κ1) is 58.0. The molecule has 0 aliphatic carbocycles. The van der Waals surface area contributed by atoms with Gasteiger partial charge in [0.05, 0.1) is 12.5 Å². The first-order chi connectivity index (χ1) is 34.5. The maximum Gasteiger partial charge on any atom is 0.407 e. The van der Waals surface area contributed by atoms with Crippen molar-refractivity contribution in [1.82, 2.24) is 31.9 Å². The molecule has 18 nitrogen and oxygen atoms in total. The van der Waals surface area contributed by atoms with Crippen LogP contribution >= 0.6 is 0 Å². The van der Waals surface area contributed by atoms with Crippen molar-refractivity contribution < 1.29 is 52.9 Å². The van der Waals surface area contributed by atoms with Crippen LogP contribution in [-0.4, -0.2) is 107 Å². The van der Waals surface area contributed by atoms with Crippen LogP contribution in [0.15, 0.2) is 121 Å². The molecule has 9 N–H and O–H groups in total. The van der Waals surface area contributed by atoms with Crippen molar-refractivity contribution in [2.24, 2.45) is 5.73 Å². The third-order valence-electron chi connectivity index (χ3n) is 11.0. The lowest BCUT2D eigenvalue weighted by molar-refractivity contribution is -0.156. The molecule has 0 aliphatic rings. The molecule has 0 saturated heterocycles. The first-order valence-electron chi connectivity index (χ1n) is 24.4. The third kappa shape index (κ3) is 22.1. The van der Waals surface area contributed by atoms with Crippen molar-refractivity contribution in [3.05, 3.63) is 144 Å². The fraction of sp³-hybridized carbons (Fsp3) is 0.418. The highest BCUT2D eigenvalue weighted by molar-refractivity contribution is 5.98. The molecule has 4 aromatic rings. The van der Waals surface area contributed by atoms with Crippen molar-refractivity contribution in [1.29, 1.82) is 0 Å². The molecule has 0 heterocycles. The number of carboxylic acids is 1. The van der Waals surface area contributed by atoms with Gasteiger partial charge in [-0.1, -0.05) is 121 Å². The number of aliphatic carboxylic acids is 1. The van der Waals surface area contributed by atoms with Gasteiger partial charge in [-0.2, -0.15) is 0 Å². The summed E-state index contributed by atoms with van der Waals surface area (Å²) in [5, 5.41) is 26.1. The number of alkyl carbamates (subject to hydrolysis) is 1. The van der Waals surface area contributed by atoms with Gasteiger partial charge < -0.3 is 52.2 Å². The summed E-state index contributed by atoms with van der Waals surface area (Å²) in [7, 11) is 0. The molecule has 6 atom stereocenters. The van der Waals surface area contributed by atoms with E-state index in [-0.39, 0.29) is 38.6 Å². The molecule has 73 heavy (non-hydrogen) atoms. The predicted molar refractivity (Wildman–Crippen MR) is 274 cm³/mol. The van der Waals surface area contributed by atoms with Gasteiger partial charge in [-0.05, 0) is 89.5 Å². The fourth-order valence-electron chi connectivity index (χ4n) is 7.50. The molecule has 0 spiro atoms. The Labute approximate surface area is 427 Å². The van der Waals surface area contributed by atoms with Crippen molar-refractivity contribution in [2.75, 3.05) is 6.54 Å². The number of carboxylic acid groups (broad SMARTS) is 1. The lowest BCUT2D eigenvalue weighted by atomic mass is 10.0. The maximum atomic E-state index is 14.6. The summed E-state index contributed by atoms with van der Waals surface area (Å²) >= 11 is 0. The molecule has 4 rings (SSSR count). The minimum atomic E-state index is -1.67. The van der Waals surface area contributed by atoms with Crippen molar-refractivity contribution >= 4 is 47.6 Å². The standard InChI is InChI=1S/C55H71N7O11/c1-54(2,3)72-46(63)35-44(61-48(65)41(29-19-20-30-57-53(71)73-55(4,5)6)58-47(64)40(56)31-36-21-11-7-12-22-36)51(68)60-42(32-37-23-13-8-14-24-37)49(66)59-43(33-38-25-15-9-16-26-38)50(67)62-45(52(69)70)34-39-27-17-10-18-28-39/h7-18,21-28,40-45H,19-20,29-35,56H2,1-6H3,(H,57,71)(H,58,64)(H,59,66)(H,60,68)(H,61,65)(H,62,67)(H,69,70)/t40-,41-,42-,43-,44-,45-/m0/s1. The Morgan fingerprint density at radius 1 is 0.466 bits per heavy atom. The average Bonchev–Trinajstić information content (AvgIpc) is 3.32. The largest absolute Gasteiger partial charge is 0.480 e. The topological polar surface area (TPSA) is 273 Å². The Hall–Kier alpha value is -7.60. The zero-order chi connectivity index (χ0) is 53.6. The Morgan fingerprint density at radius 2 is 0.822 bits per heavy atom. The lowest BCUT2D eigenvalue weighted by Gasteiger charge is -2.28. The molecule has 0 aliphatic heterocycles. The third-order valence-corrected chi connectivity index (χ3v) is 11.0. The van der Waals surface area contributed by atoms with Crippen LogP contribution in [0.5, 0.6) is 0 Å². The van der Waals surface area contributed by atoms with Gasteiger partial charge >= 0.3 is 18.0 Å². The van der Waals surface area contributed by atoms with E-state index >= 15 is 0 Å². The summed E-state index contributed by atoms with van der Waals surface area (Å²) in [6, 6.07) is 27.0. The minimum absolute atomic E-state index is 0.0182. The number of unbranched alkanes of at least 4 members (excludes halogenated alkanes) is 1. The van der Waals surface area contributed by atoms with Crippen LogP contribution < -0.4 is 37.6 Å². The molecule has 0 saturated carbocycles. The molecular formula is C55H71N7O11. The van der Waals surface area contributed by atoms with E-state index in [4.69, 9.17) is 15.2 Å². The minimum Gasteiger partial charge on any atom is -0.480 e. The van der Waals surface area contributed by atoms with Crippen LogP contribution in [0, 0.1) is 0 Å². The fourth-order valence-corrected chi connectivity index (χ4v) is 7.50. The van der Waals surface area contributed by atoms with Crippen molar-refractivity contribution in [3.8, 4) is 0 Å². The molecule has 0 fully saturated rings. The molecule has 0 bridgehead atoms. The number of nitrogens with one attached hydrogen (secondary N) is 6. The van der Waals surface area contributed by atoms with Gasteiger partial charge in [-0.3, -0.25) is 28.8 Å². The number of hydrogen-bond donors (Lipinski definition) is 8. The van der Waals surface area contributed by atoms with Crippen molar-refractivity contribution in [2.45, 2.75) is 140 Å². The van der Waals surface area contributed by atoms with Gasteiger partial charge in [0.2, 0.25) is 29.5 Å². The van der Waals surface area contributed by atoms with E-state index in [2.05, 4.69) is 31.9 Å². The number of carbonyl (C=O) groups is 8. The van der Waals surface area contributed by atoms with Gasteiger partial charge in [-0.15, -0.1) is 0 Å². The number of carbonyl (C=O) groups excluding carboxylic acids is 7. The van der Waals surface area contributed by atoms with Gasteiger partial charge in [0, 0.05) is 25.8 Å². The highest BCUT2D eigenvalue weighted by Gasteiger charge is 2.35. The zero-order valence-corrected chi connectivity index (χ0v) is 42.5. The lowest BCUT2D eigenvalue weighted by Crippen LogP contribution is -2.60. The molecule has 18 heteroatoms. The van der Waals surface area contributed by atoms with E-state index in [1.807, 2.05) is 6.07 Å². The van der Waals surface area contributed by atoms with Crippen LogP contribution in [0.3, 0.4) is 0 Å². The van der Waals surface area contributed by atoms with Gasteiger partial charge in [0.1, 0.15) is 41.4 Å². The number of ether oxygens (including phenoxy) is 2. The molecule has 0 unspecified atom stereocenters. The van der Waals surface area contributed by atoms with E-state index in [0.29, 0.717) is 29.5 Å². The maximum absolute atomic E-state index is 14.6.